The van der Waals surface area contributed by atoms with Crippen LogP contribution in [0.25, 0.3) is 0 Å². The van der Waals surface area contributed by atoms with Crippen molar-refractivity contribution >= 4 is 0 Å². The molecule has 0 spiro atoms. The minimum atomic E-state index is -4.41. The van der Waals surface area contributed by atoms with Crippen LogP contribution in [-0.2, 0) is 0 Å². The molecule has 1 aromatic rings. The molecule has 2 nitrogen and oxygen atoms in total. The van der Waals surface area contributed by atoms with E-state index in [1.54, 1.807) is 12.1 Å². The average Bonchev–Trinajstić information content (AvgIpc) is 2.81. The Hall–Kier alpha value is -1.23. The number of ether oxygens (including phenoxy) is 1. The minimum absolute atomic E-state index is 0.0567. The van der Waals surface area contributed by atoms with Crippen LogP contribution in [0, 0.1) is 0 Å². The van der Waals surface area contributed by atoms with E-state index in [0.29, 0.717) is 5.75 Å². The van der Waals surface area contributed by atoms with Gasteiger partial charge >= 0.3 is 6.18 Å². The van der Waals surface area contributed by atoms with Crippen molar-refractivity contribution in [3.05, 3.63) is 29.8 Å². The van der Waals surface area contributed by atoms with E-state index in [1.807, 2.05) is 0 Å². The number of hydrogen-bond donors (Lipinski definition) is 1. The van der Waals surface area contributed by atoms with Gasteiger partial charge in [-0.05, 0) is 43.4 Å². The average molecular weight is 259 g/mol. The Morgan fingerprint density at radius 1 is 1.11 bits per heavy atom. The summed E-state index contributed by atoms with van der Waals surface area (Å²) in [5, 5.41) is 0. The normalized spacial score (nSPS) is 18.9. The first-order valence-corrected chi connectivity index (χ1v) is 6.06. The summed E-state index contributed by atoms with van der Waals surface area (Å²) in [6, 6.07) is 3.93. The number of hydrogen-bond acceptors (Lipinski definition) is 2. The zero-order chi connectivity index (χ0) is 13.2. The van der Waals surface area contributed by atoms with Crippen molar-refractivity contribution in [2.45, 2.75) is 44.0 Å². The van der Waals surface area contributed by atoms with E-state index in [4.69, 9.17) is 10.5 Å². The quantitative estimate of drug-likeness (QED) is 0.900. The molecule has 0 aromatic heterocycles. The number of benzene rings is 1. The summed E-state index contributed by atoms with van der Waals surface area (Å²) in [6.45, 7) is 0. The molecule has 18 heavy (non-hydrogen) atoms. The zero-order valence-corrected chi connectivity index (χ0v) is 9.91. The largest absolute Gasteiger partial charge is 0.490 e. The number of nitrogens with two attached hydrogens (primary N) is 1. The lowest BCUT2D eigenvalue weighted by Crippen LogP contribution is -2.28. The van der Waals surface area contributed by atoms with Gasteiger partial charge in [-0.3, -0.25) is 0 Å². The third-order valence-corrected chi connectivity index (χ3v) is 3.20. The molecule has 5 heteroatoms. The SMILES string of the molecule is NC(c1ccc(OC2CCCC2)cc1)C(F)(F)F. The van der Waals surface area contributed by atoms with E-state index in [-0.39, 0.29) is 11.7 Å². The van der Waals surface area contributed by atoms with Gasteiger partial charge in [-0.2, -0.15) is 13.2 Å². The molecule has 1 saturated carbocycles. The Morgan fingerprint density at radius 2 is 1.67 bits per heavy atom. The maximum Gasteiger partial charge on any atom is 0.407 e. The Bertz CT molecular complexity index is 382. The molecule has 0 radical (unpaired) electrons. The van der Waals surface area contributed by atoms with Crippen LogP contribution in [0.5, 0.6) is 5.75 Å². The summed E-state index contributed by atoms with van der Waals surface area (Å²) in [5.41, 5.74) is 5.18. The molecule has 0 heterocycles. The van der Waals surface area contributed by atoms with Crippen LogP contribution in [0.3, 0.4) is 0 Å². The van der Waals surface area contributed by atoms with Gasteiger partial charge in [-0.1, -0.05) is 12.1 Å². The highest BCUT2D eigenvalue weighted by atomic mass is 19.4. The van der Waals surface area contributed by atoms with Gasteiger partial charge in [0.1, 0.15) is 11.8 Å². The monoisotopic (exact) mass is 259 g/mol. The van der Waals surface area contributed by atoms with E-state index in [1.165, 1.54) is 12.1 Å². The zero-order valence-electron chi connectivity index (χ0n) is 9.91. The lowest BCUT2D eigenvalue weighted by molar-refractivity contribution is -0.149. The molecule has 2 rings (SSSR count). The second-order valence-corrected chi connectivity index (χ2v) is 4.61. The van der Waals surface area contributed by atoms with E-state index in [9.17, 15) is 13.2 Å². The Morgan fingerprint density at radius 3 is 2.17 bits per heavy atom. The molecule has 1 aromatic carbocycles. The molecule has 1 aliphatic carbocycles. The Kier molecular flexibility index (Phi) is 3.80. The molecule has 1 atom stereocenters. The van der Waals surface area contributed by atoms with Crippen molar-refractivity contribution in [1.29, 1.82) is 0 Å². The van der Waals surface area contributed by atoms with Gasteiger partial charge in [0.15, 0.2) is 0 Å². The topological polar surface area (TPSA) is 35.2 Å². The lowest BCUT2D eigenvalue weighted by atomic mass is 10.1. The van der Waals surface area contributed by atoms with Crippen molar-refractivity contribution < 1.29 is 17.9 Å². The van der Waals surface area contributed by atoms with Crippen LogP contribution >= 0.6 is 0 Å². The van der Waals surface area contributed by atoms with Crippen molar-refractivity contribution in [3.8, 4) is 5.75 Å². The van der Waals surface area contributed by atoms with Gasteiger partial charge in [0, 0.05) is 0 Å². The Labute approximate surface area is 104 Å². The molecule has 1 unspecified atom stereocenters. The van der Waals surface area contributed by atoms with Crippen molar-refractivity contribution in [2.75, 3.05) is 0 Å². The predicted octanol–water partition coefficient (Wildman–Crippen LogP) is 3.57. The van der Waals surface area contributed by atoms with Crippen LogP contribution in [0.4, 0.5) is 13.2 Å². The van der Waals surface area contributed by atoms with E-state index in [0.717, 1.165) is 25.7 Å². The molecule has 100 valence electrons. The van der Waals surface area contributed by atoms with Crippen molar-refractivity contribution in [2.24, 2.45) is 5.73 Å². The maximum absolute atomic E-state index is 12.4. The number of rotatable bonds is 3. The van der Waals surface area contributed by atoms with Crippen molar-refractivity contribution in [3.63, 3.8) is 0 Å². The maximum atomic E-state index is 12.4. The molecule has 1 fully saturated rings. The first-order chi connectivity index (χ1) is 8.47. The van der Waals surface area contributed by atoms with Crippen LogP contribution in [0.15, 0.2) is 24.3 Å². The summed E-state index contributed by atoms with van der Waals surface area (Å²) in [6.07, 6.45) is 0.136. The first-order valence-electron chi connectivity index (χ1n) is 6.06. The summed E-state index contributed by atoms with van der Waals surface area (Å²) in [5.74, 6) is 0.611. The van der Waals surface area contributed by atoms with Crippen LogP contribution in [0.1, 0.15) is 37.3 Å². The van der Waals surface area contributed by atoms with Crippen molar-refractivity contribution in [1.82, 2.24) is 0 Å². The third-order valence-electron chi connectivity index (χ3n) is 3.20. The van der Waals surface area contributed by atoms with E-state index >= 15 is 0 Å². The van der Waals surface area contributed by atoms with Gasteiger partial charge in [0.05, 0.1) is 6.10 Å². The van der Waals surface area contributed by atoms with E-state index in [2.05, 4.69) is 0 Å². The van der Waals surface area contributed by atoms with E-state index < -0.39 is 12.2 Å². The molecule has 0 bridgehead atoms. The molecular weight excluding hydrogens is 243 g/mol. The Balaban J connectivity index is 2.00. The molecule has 1 aliphatic rings. The fourth-order valence-electron chi connectivity index (χ4n) is 2.14. The third kappa shape index (κ3) is 3.16. The van der Waals surface area contributed by atoms with Gasteiger partial charge in [0.25, 0.3) is 0 Å². The second-order valence-electron chi connectivity index (χ2n) is 4.61. The predicted molar refractivity (Wildman–Crippen MR) is 62.3 cm³/mol. The second kappa shape index (κ2) is 5.18. The van der Waals surface area contributed by atoms with Gasteiger partial charge in [0.2, 0.25) is 0 Å². The molecule has 0 amide bonds. The first kappa shape index (κ1) is 13.2. The number of halogens is 3. The van der Waals surface area contributed by atoms with Crippen LogP contribution in [0.2, 0.25) is 0 Å². The highest BCUT2D eigenvalue weighted by Gasteiger charge is 2.37. The smallest absolute Gasteiger partial charge is 0.407 e. The minimum Gasteiger partial charge on any atom is -0.490 e. The highest BCUT2D eigenvalue weighted by Crippen LogP contribution is 2.31. The van der Waals surface area contributed by atoms with Gasteiger partial charge < -0.3 is 10.5 Å². The summed E-state index contributed by atoms with van der Waals surface area (Å²) in [4.78, 5) is 0. The highest BCUT2D eigenvalue weighted by molar-refractivity contribution is 5.29. The fraction of sp³-hybridized carbons (Fsp3) is 0.538. The molecule has 2 N–H and O–H groups in total. The molecule has 0 saturated heterocycles. The lowest BCUT2D eigenvalue weighted by Gasteiger charge is -2.17. The number of alkyl halides is 3. The van der Waals surface area contributed by atoms with Crippen LogP contribution < -0.4 is 10.5 Å². The van der Waals surface area contributed by atoms with Crippen LogP contribution in [-0.4, -0.2) is 12.3 Å². The molecule has 0 aliphatic heterocycles. The fourth-order valence-corrected chi connectivity index (χ4v) is 2.14. The standard InChI is InChI=1S/C13H16F3NO/c14-13(15,16)12(17)9-5-7-11(8-6-9)18-10-3-1-2-4-10/h5-8,10,12H,1-4,17H2. The summed E-state index contributed by atoms with van der Waals surface area (Å²) >= 11 is 0. The van der Waals surface area contributed by atoms with Gasteiger partial charge in [-0.15, -0.1) is 0 Å². The van der Waals surface area contributed by atoms with Gasteiger partial charge in [-0.25, -0.2) is 0 Å². The summed E-state index contributed by atoms with van der Waals surface area (Å²) in [7, 11) is 0. The summed E-state index contributed by atoms with van der Waals surface area (Å²) < 4.78 is 42.9. The molecular formula is C13H16F3NO.